The van der Waals surface area contributed by atoms with Crippen LogP contribution in [0.15, 0.2) is 6.20 Å². The van der Waals surface area contributed by atoms with Crippen molar-refractivity contribution in [3.63, 3.8) is 0 Å². The summed E-state index contributed by atoms with van der Waals surface area (Å²) in [6, 6.07) is 0. The molecule has 0 aliphatic carbocycles. The van der Waals surface area contributed by atoms with Crippen LogP contribution in [-0.2, 0) is 6.67 Å². The zero-order chi connectivity index (χ0) is 12.3. The highest BCUT2D eigenvalue weighted by Gasteiger charge is 2.34. The molecule has 0 unspecified atom stereocenters. The molecule has 0 bridgehead atoms. The molecule has 0 atom stereocenters. The third kappa shape index (κ3) is 2.74. The van der Waals surface area contributed by atoms with Gasteiger partial charge in [0, 0.05) is 11.8 Å². The van der Waals surface area contributed by atoms with E-state index >= 15 is 0 Å². The monoisotopic (exact) mass is 239 g/mol. The Morgan fingerprint density at radius 1 is 1.31 bits per heavy atom. The Kier molecular flexibility index (Phi) is 3.56. The van der Waals surface area contributed by atoms with E-state index in [0.29, 0.717) is 5.56 Å². The standard InChI is InChI=1S/C9H9F4NO2/c1-5-4-14-6(3-10)8(7(5)15-2)16-9(11,12)13/h4H,3H2,1-2H3. The minimum Gasteiger partial charge on any atom is -0.492 e. The second-order valence-electron chi connectivity index (χ2n) is 2.93. The second-order valence-corrected chi connectivity index (χ2v) is 2.93. The molecule has 0 saturated heterocycles. The Morgan fingerprint density at radius 2 is 1.94 bits per heavy atom. The third-order valence-corrected chi connectivity index (χ3v) is 1.79. The van der Waals surface area contributed by atoms with Gasteiger partial charge in [-0.25, -0.2) is 4.39 Å². The van der Waals surface area contributed by atoms with Gasteiger partial charge in [-0.2, -0.15) is 0 Å². The fourth-order valence-corrected chi connectivity index (χ4v) is 1.17. The van der Waals surface area contributed by atoms with Crippen LogP contribution in [0.4, 0.5) is 17.6 Å². The largest absolute Gasteiger partial charge is 0.573 e. The van der Waals surface area contributed by atoms with E-state index in [9.17, 15) is 17.6 Å². The quantitative estimate of drug-likeness (QED) is 0.760. The number of hydrogen-bond acceptors (Lipinski definition) is 3. The smallest absolute Gasteiger partial charge is 0.492 e. The molecule has 0 fully saturated rings. The molecule has 1 heterocycles. The lowest BCUT2D eigenvalue weighted by Gasteiger charge is -2.15. The zero-order valence-corrected chi connectivity index (χ0v) is 8.56. The van der Waals surface area contributed by atoms with Crippen molar-refractivity contribution in [2.24, 2.45) is 0 Å². The molecule has 0 aromatic carbocycles. The molecule has 1 rings (SSSR count). The number of methoxy groups -OCH3 is 1. The number of aromatic nitrogens is 1. The molecule has 16 heavy (non-hydrogen) atoms. The molecular formula is C9H9F4NO2. The number of rotatable bonds is 3. The fraction of sp³-hybridized carbons (Fsp3) is 0.444. The topological polar surface area (TPSA) is 31.4 Å². The fourth-order valence-electron chi connectivity index (χ4n) is 1.17. The highest BCUT2D eigenvalue weighted by atomic mass is 19.4. The first-order chi connectivity index (χ1) is 7.39. The van der Waals surface area contributed by atoms with E-state index < -0.39 is 24.5 Å². The third-order valence-electron chi connectivity index (χ3n) is 1.79. The van der Waals surface area contributed by atoms with Gasteiger partial charge in [0.1, 0.15) is 12.4 Å². The summed E-state index contributed by atoms with van der Waals surface area (Å²) in [6.45, 7) is 0.319. The SMILES string of the molecule is COc1c(C)cnc(CF)c1OC(F)(F)F. The van der Waals surface area contributed by atoms with Crippen LogP contribution in [0.3, 0.4) is 0 Å². The number of hydrogen-bond donors (Lipinski definition) is 0. The van der Waals surface area contributed by atoms with Gasteiger partial charge in [0.05, 0.1) is 7.11 Å². The maximum absolute atomic E-state index is 12.4. The van der Waals surface area contributed by atoms with Gasteiger partial charge in [0.15, 0.2) is 11.5 Å². The molecule has 3 nitrogen and oxygen atoms in total. The number of alkyl halides is 4. The Bertz CT molecular complexity index is 379. The zero-order valence-electron chi connectivity index (χ0n) is 8.56. The van der Waals surface area contributed by atoms with E-state index in [4.69, 9.17) is 4.74 Å². The summed E-state index contributed by atoms with van der Waals surface area (Å²) in [5.74, 6) is -0.891. The first-order valence-electron chi connectivity index (χ1n) is 4.23. The van der Waals surface area contributed by atoms with Crippen LogP contribution in [0.1, 0.15) is 11.3 Å². The van der Waals surface area contributed by atoms with Crippen molar-refractivity contribution in [1.29, 1.82) is 0 Å². The first-order valence-corrected chi connectivity index (χ1v) is 4.23. The average molecular weight is 239 g/mol. The number of ether oxygens (including phenoxy) is 2. The lowest BCUT2D eigenvalue weighted by Crippen LogP contribution is -2.19. The summed E-state index contributed by atoms with van der Waals surface area (Å²) < 4.78 is 57.1. The van der Waals surface area contributed by atoms with Crippen LogP contribution >= 0.6 is 0 Å². The maximum Gasteiger partial charge on any atom is 0.573 e. The predicted molar refractivity (Wildman–Crippen MR) is 47.0 cm³/mol. The Balaban J connectivity index is 3.25. The minimum atomic E-state index is -4.91. The molecule has 0 N–H and O–H groups in total. The van der Waals surface area contributed by atoms with Gasteiger partial charge in [0.25, 0.3) is 0 Å². The summed E-state index contributed by atoms with van der Waals surface area (Å²) in [7, 11) is 1.17. The summed E-state index contributed by atoms with van der Waals surface area (Å²) in [6.07, 6.45) is -3.69. The first kappa shape index (κ1) is 12.5. The highest BCUT2D eigenvalue weighted by Crippen LogP contribution is 2.37. The molecule has 0 saturated carbocycles. The van der Waals surface area contributed by atoms with Crippen LogP contribution < -0.4 is 9.47 Å². The number of pyridine rings is 1. The van der Waals surface area contributed by atoms with Crippen molar-refractivity contribution in [1.82, 2.24) is 4.98 Å². The normalized spacial score (nSPS) is 11.4. The van der Waals surface area contributed by atoms with Crippen molar-refractivity contribution >= 4 is 0 Å². The molecule has 0 spiro atoms. The van der Waals surface area contributed by atoms with Crippen molar-refractivity contribution in [2.75, 3.05) is 7.11 Å². The lowest BCUT2D eigenvalue weighted by molar-refractivity contribution is -0.275. The molecule has 0 aliphatic heterocycles. The molecule has 90 valence electrons. The van der Waals surface area contributed by atoms with Crippen LogP contribution in [-0.4, -0.2) is 18.5 Å². The van der Waals surface area contributed by atoms with E-state index in [1.807, 2.05) is 0 Å². The molecule has 1 aromatic heterocycles. The lowest BCUT2D eigenvalue weighted by atomic mass is 10.2. The highest BCUT2D eigenvalue weighted by molar-refractivity contribution is 5.47. The average Bonchev–Trinajstić information content (AvgIpc) is 2.16. The van der Waals surface area contributed by atoms with Gasteiger partial charge in [-0.15, -0.1) is 13.2 Å². The summed E-state index contributed by atoms with van der Waals surface area (Å²) in [5.41, 5.74) is -0.112. The van der Waals surface area contributed by atoms with Crippen LogP contribution in [0, 0.1) is 6.92 Å². The maximum atomic E-state index is 12.4. The molecule has 1 aromatic rings. The molecule has 0 aliphatic rings. The molecule has 0 radical (unpaired) electrons. The predicted octanol–water partition coefficient (Wildman–Crippen LogP) is 2.77. The Hall–Kier alpha value is -1.53. The van der Waals surface area contributed by atoms with Crippen molar-refractivity contribution in [2.45, 2.75) is 20.0 Å². The van der Waals surface area contributed by atoms with Gasteiger partial charge in [-0.1, -0.05) is 0 Å². The Labute approximate surface area is 89.0 Å². The molecular weight excluding hydrogens is 230 g/mol. The van der Waals surface area contributed by atoms with E-state index in [2.05, 4.69) is 9.72 Å². The van der Waals surface area contributed by atoms with Crippen LogP contribution in [0.25, 0.3) is 0 Å². The van der Waals surface area contributed by atoms with Gasteiger partial charge >= 0.3 is 6.36 Å². The van der Waals surface area contributed by atoms with E-state index in [-0.39, 0.29) is 5.75 Å². The van der Waals surface area contributed by atoms with Crippen molar-refractivity contribution in [3.05, 3.63) is 17.5 Å². The van der Waals surface area contributed by atoms with E-state index in [0.717, 1.165) is 0 Å². The van der Waals surface area contributed by atoms with Crippen LogP contribution in [0.5, 0.6) is 11.5 Å². The molecule has 0 amide bonds. The minimum absolute atomic E-state index is 0.167. The summed E-state index contributed by atoms with van der Waals surface area (Å²) in [5, 5.41) is 0. The van der Waals surface area contributed by atoms with Gasteiger partial charge in [0.2, 0.25) is 0 Å². The van der Waals surface area contributed by atoms with Gasteiger partial charge in [-0.3, -0.25) is 4.98 Å². The van der Waals surface area contributed by atoms with Gasteiger partial charge in [-0.05, 0) is 6.92 Å². The van der Waals surface area contributed by atoms with E-state index in [1.165, 1.54) is 20.2 Å². The van der Waals surface area contributed by atoms with Gasteiger partial charge < -0.3 is 9.47 Å². The number of nitrogens with zero attached hydrogens (tertiary/aromatic N) is 1. The second kappa shape index (κ2) is 4.54. The van der Waals surface area contributed by atoms with Crippen molar-refractivity contribution in [3.8, 4) is 11.5 Å². The number of aryl methyl sites for hydroxylation is 1. The van der Waals surface area contributed by atoms with Crippen LogP contribution in [0.2, 0.25) is 0 Å². The molecule has 7 heteroatoms. The Morgan fingerprint density at radius 3 is 2.38 bits per heavy atom. The number of halogens is 4. The van der Waals surface area contributed by atoms with E-state index in [1.54, 1.807) is 0 Å². The summed E-state index contributed by atoms with van der Waals surface area (Å²) >= 11 is 0. The van der Waals surface area contributed by atoms with Crippen molar-refractivity contribution < 1.29 is 27.0 Å². The summed E-state index contributed by atoms with van der Waals surface area (Å²) in [4.78, 5) is 3.51.